The van der Waals surface area contributed by atoms with Crippen molar-refractivity contribution in [2.45, 2.75) is 38.1 Å². The molecule has 2 fully saturated rings. The number of aliphatic hydroxyl groups excluding tert-OH is 1. The van der Waals surface area contributed by atoms with E-state index in [1.807, 2.05) is 12.1 Å². The predicted octanol–water partition coefficient (Wildman–Crippen LogP) is 2.62. The largest absolute Gasteiger partial charge is 0.396 e. The summed E-state index contributed by atoms with van der Waals surface area (Å²) in [6.07, 6.45) is 5.18. The summed E-state index contributed by atoms with van der Waals surface area (Å²) in [6.45, 7) is 3.96. The van der Waals surface area contributed by atoms with Crippen LogP contribution in [0.2, 0.25) is 0 Å². The average Bonchev–Trinajstić information content (AvgIpc) is 2.58. The van der Waals surface area contributed by atoms with Gasteiger partial charge in [-0.05, 0) is 56.3 Å². The molecule has 2 saturated heterocycles. The summed E-state index contributed by atoms with van der Waals surface area (Å²) >= 11 is 0. The standard InChI is InChI=1S/C18H26FNO2/c19-16-4-2-15(3-5-16)12-18(14-21)8-1-9-20(13-18)17-6-10-22-11-7-17/h2-5,17,21H,1,6-14H2. The first-order chi connectivity index (χ1) is 10.7. The lowest BCUT2D eigenvalue weighted by atomic mass is 9.75. The number of halogens is 1. The molecule has 0 radical (unpaired) electrons. The summed E-state index contributed by atoms with van der Waals surface area (Å²) in [6, 6.07) is 7.31. The molecule has 2 aliphatic heterocycles. The molecule has 1 aromatic carbocycles. The number of aliphatic hydroxyl groups is 1. The van der Waals surface area contributed by atoms with Crippen molar-refractivity contribution in [3.63, 3.8) is 0 Å². The van der Waals surface area contributed by atoms with E-state index in [4.69, 9.17) is 4.74 Å². The van der Waals surface area contributed by atoms with E-state index < -0.39 is 0 Å². The van der Waals surface area contributed by atoms with E-state index in [2.05, 4.69) is 4.90 Å². The first kappa shape index (κ1) is 15.9. The average molecular weight is 307 g/mol. The molecule has 4 heteroatoms. The molecule has 0 amide bonds. The topological polar surface area (TPSA) is 32.7 Å². The Bertz CT molecular complexity index is 472. The number of hydrogen-bond donors (Lipinski definition) is 1. The lowest BCUT2D eigenvalue weighted by molar-refractivity contribution is -0.0228. The zero-order valence-electron chi connectivity index (χ0n) is 13.1. The van der Waals surface area contributed by atoms with E-state index in [0.717, 1.165) is 64.0 Å². The fraction of sp³-hybridized carbons (Fsp3) is 0.667. The summed E-state index contributed by atoms with van der Waals surface area (Å²) in [4.78, 5) is 2.55. The Hall–Kier alpha value is -0.970. The van der Waals surface area contributed by atoms with E-state index in [9.17, 15) is 9.50 Å². The Kier molecular flexibility index (Phi) is 5.11. The molecule has 0 saturated carbocycles. The van der Waals surface area contributed by atoms with Gasteiger partial charge in [0.05, 0.1) is 6.61 Å². The van der Waals surface area contributed by atoms with Gasteiger partial charge in [-0.2, -0.15) is 0 Å². The second kappa shape index (κ2) is 7.07. The van der Waals surface area contributed by atoms with Crippen LogP contribution in [0.5, 0.6) is 0 Å². The summed E-state index contributed by atoms with van der Waals surface area (Å²) in [5, 5.41) is 10.0. The van der Waals surface area contributed by atoms with E-state index >= 15 is 0 Å². The van der Waals surface area contributed by atoms with Gasteiger partial charge in [-0.3, -0.25) is 4.90 Å². The Morgan fingerprint density at radius 1 is 1.23 bits per heavy atom. The second-order valence-corrected chi connectivity index (χ2v) is 6.88. The molecular formula is C18H26FNO2. The van der Waals surface area contributed by atoms with E-state index in [1.165, 1.54) is 12.1 Å². The van der Waals surface area contributed by atoms with Crippen LogP contribution in [0, 0.1) is 11.2 Å². The molecule has 0 aliphatic carbocycles. The Balaban J connectivity index is 1.69. The molecule has 3 nitrogen and oxygen atoms in total. The van der Waals surface area contributed by atoms with E-state index in [0.29, 0.717) is 6.04 Å². The van der Waals surface area contributed by atoms with Crippen molar-refractivity contribution in [3.05, 3.63) is 35.6 Å². The van der Waals surface area contributed by atoms with Crippen LogP contribution in [0.4, 0.5) is 4.39 Å². The van der Waals surface area contributed by atoms with E-state index in [1.54, 1.807) is 0 Å². The summed E-state index contributed by atoms with van der Waals surface area (Å²) in [5.74, 6) is -0.200. The number of likely N-dealkylation sites (tertiary alicyclic amines) is 1. The lowest BCUT2D eigenvalue weighted by Crippen LogP contribution is -2.51. The predicted molar refractivity (Wildman–Crippen MR) is 84.3 cm³/mol. The van der Waals surface area contributed by atoms with Gasteiger partial charge in [-0.25, -0.2) is 4.39 Å². The second-order valence-electron chi connectivity index (χ2n) is 6.88. The third-order valence-corrected chi connectivity index (χ3v) is 5.23. The first-order valence-corrected chi connectivity index (χ1v) is 8.38. The first-order valence-electron chi connectivity index (χ1n) is 8.38. The third kappa shape index (κ3) is 3.67. The molecule has 1 N–H and O–H groups in total. The number of ether oxygens (including phenoxy) is 1. The van der Waals surface area contributed by atoms with Crippen molar-refractivity contribution in [2.75, 3.05) is 32.9 Å². The molecule has 0 aromatic heterocycles. The van der Waals surface area contributed by atoms with Crippen molar-refractivity contribution in [3.8, 4) is 0 Å². The molecular weight excluding hydrogens is 281 g/mol. The quantitative estimate of drug-likeness (QED) is 0.928. The van der Waals surface area contributed by atoms with Gasteiger partial charge in [0.25, 0.3) is 0 Å². The minimum atomic E-state index is -0.200. The van der Waals surface area contributed by atoms with Crippen LogP contribution in [0.1, 0.15) is 31.2 Å². The van der Waals surface area contributed by atoms with Crippen molar-refractivity contribution in [1.29, 1.82) is 0 Å². The molecule has 1 aromatic rings. The molecule has 3 rings (SSSR count). The number of benzene rings is 1. The number of piperidine rings is 1. The highest BCUT2D eigenvalue weighted by atomic mass is 19.1. The Labute approximate surface area is 132 Å². The van der Waals surface area contributed by atoms with Crippen LogP contribution >= 0.6 is 0 Å². The van der Waals surface area contributed by atoms with Crippen LogP contribution in [-0.4, -0.2) is 49.0 Å². The lowest BCUT2D eigenvalue weighted by Gasteiger charge is -2.46. The molecule has 1 atom stereocenters. The van der Waals surface area contributed by atoms with Crippen LogP contribution in [0.3, 0.4) is 0 Å². The van der Waals surface area contributed by atoms with Crippen molar-refractivity contribution in [1.82, 2.24) is 4.90 Å². The Morgan fingerprint density at radius 3 is 2.64 bits per heavy atom. The maximum Gasteiger partial charge on any atom is 0.123 e. The number of rotatable bonds is 4. The van der Waals surface area contributed by atoms with Crippen LogP contribution in [0.15, 0.2) is 24.3 Å². The highest BCUT2D eigenvalue weighted by Crippen LogP contribution is 2.35. The highest BCUT2D eigenvalue weighted by molar-refractivity contribution is 5.18. The molecule has 0 spiro atoms. The van der Waals surface area contributed by atoms with Crippen molar-refractivity contribution in [2.24, 2.45) is 5.41 Å². The van der Waals surface area contributed by atoms with Crippen LogP contribution in [0.25, 0.3) is 0 Å². The van der Waals surface area contributed by atoms with Gasteiger partial charge >= 0.3 is 0 Å². The smallest absolute Gasteiger partial charge is 0.123 e. The zero-order chi connectivity index (χ0) is 15.4. The van der Waals surface area contributed by atoms with E-state index in [-0.39, 0.29) is 17.8 Å². The van der Waals surface area contributed by atoms with Gasteiger partial charge < -0.3 is 9.84 Å². The van der Waals surface area contributed by atoms with Gasteiger partial charge in [-0.15, -0.1) is 0 Å². The normalized spacial score (nSPS) is 27.9. The molecule has 1 unspecified atom stereocenters. The van der Waals surface area contributed by atoms with Gasteiger partial charge in [0, 0.05) is 31.2 Å². The Morgan fingerprint density at radius 2 is 1.95 bits per heavy atom. The zero-order valence-corrected chi connectivity index (χ0v) is 13.1. The number of nitrogens with zero attached hydrogens (tertiary/aromatic N) is 1. The van der Waals surface area contributed by atoms with Gasteiger partial charge in [0.2, 0.25) is 0 Å². The highest BCUT2D eigenvalue weighted by Gasteiger charge is 2.37. The van der Waals surface area contributed by atoms with Crippen molar-refractivity contribution >= 4 is 0 Å². The maximum atomic E-state index is 13.1. The molecule has 2 aliphatic rings. The minimum absolute atomic E-state index is 0.0889. The van der Waals surface area contributed by atoms with Crippen molar-refractivity contribution < 1.29 is 14.2 Å². The minimum Gasteiger partial charge on any atom is -0.396 e. The van der Waals surface area contributed by atoms with Gasteiger partial charge in [-0.1, -0.05) is 12.1 Å². The SMILES string of the molecule is OCC1(Cc2ccc(F)cc2)CCCN(C2CCOCC2)C1. The fourth-order valence-corrected chi connectivity index (χ4v) is 3.97. The van der Waals surface area contributed by atoms with Gasteiger partial charge in [0.1, 0.15) is 5.82 Å². The molecule has 22 heavy (non-hydrogen) atoms. The summed E-state index contributed by atoms with van der Waals surface area (Å²) in [7, 11) is 0. The molecule has 0 bridgehead atoms. The number of hydrogen-bond acceptors (Lipinski definition) is 3. The van der Waals surface area contributed by atoms with Crippen LogP contribution in [-0.2, 0) is 11.2 Å². The third-order valence-electron chi connectivity index (χ3n) is 5.23. The van der Waals surface area contributed by atoms with Crippen LogP contribution < -0.4 is 0 Å². The molecule has 2 heterocycles. The maximum absolute atomic E-state index is 13.1. The monoisotopic (exact) mass is 307 g/mol. The summed E-state index contributed by atoms with van der Waals surface area (Å²) < 4.78 is 18.5. The molecule has 122 valence electrons. The summed E-state index contributed by atoms with van der Waals surface area (Å²) in [5.41, 5.74) is 1.03. The fourth-order valence-electron chi connectivity index (χ4n) is 3.97. The van der Waals surface area contributed by atoms with Gasteiger partial charge in [0.15, 0.2) is 0 Å².